The molecule has 1 N–H and O–H groups in total. The Labute approximate surface area is 109 Å². The van der Waals surface area contributed by atoms with Crippen LogP contribution < -0.4 is 10.2 Å². The lowest BCUT2D eigenvalue weighted by molar-refractivity contribution is 0.411. The molecule has 1 atom stereocenters. The van der Waals surface area contributed by atoms with Crippen molar-refractivity contribution >= 4 is 5.95 Å². The Balaban J connectivity index is 1.96. The highest BCUT2D eigenvalue weighted by atomic mass is 15.2. The van der Waals surface area contributed by atoms with Crippen LogP contribution >= 0.6 is 0 Å². The van der Waals surface area contributed by atoms with Gasteiger partial charge in [-0.1, -0.05) is 0 Å². The van der Waals surface area contributed by atoms with Crippen LogP contribution in [0.3, 0.4) is 0 Å². The van der Waals surface area contributed by atoms with E-state index in [4.69, 9.17) is 0 Å². The van der Waals surface area contributed by atoms with Gasteiger partial charge in [0.05, 0.1) is 0 Å². The maximum Gasteiger partial charge on any atom is 0.225 e. The molecule has 0 radical (unpaired) electrons. The molecule has 5 nitrogen and oxygen atoms in total. The molecule has 2 rings (SSSR count). The van der Waals surface area contributed by atoms with Crippen molar-refractivity contribution < 1.29 is 0 Å². The normalized spacial score (nSPS) is 20.3. The van der Waals surface area contributed by atoms with Crippen molar-refractivity contribution in [3.63, 3.8) is 0 Å². The third kappa shape index (κ3) is 3.17. The van der Waals surface area contributed by atoms with Gasteiger partial charge in [-0.2, -0.15) is 0 Å². The largest absolute Gasteiger partial charge is 0.343 e. The second-order valence-electron chi connectivity index (χ2n) is 5.09. The molecule has 0 aliphatic carbocycles. The predicted molar refractivity (Wildman–Crippen MR) is 74.1 cm³/mol. The molecular weight excluding hydrogens is 226 g/mol. The van der Waals surface area contributed by atoms with Crippen LogP contribution in [0.15, 0.2) is 12.4 Å². The number of hydrogen-bond acceptors (Lipinski definition) is 5. The third-order valence-electron chi connectivity index (χ3n) is 3.56. The highest BCUT2D eigenvalue weighted by Crippen LogP contribution is 2.25. The van der Waals surface area contributed by atoms with Crippen molar-refractivity contribution in [1.82, 2.24) is 20.2 Å². The maximum atomic E-state index is 4.47. The van der Waals surface area contributed by atoms with Crippen molar-refractivity contribution in [2.75, 3.05) is 52.2 Å². The van der Waals surface area contributed by atoms with Crippen LogP contribution in [0, 0.1) is 0 Å². The van der Waals surface area contributed by atoms with E-state index in [0.717, 1.165) is 25.6 Å². The Morgan fingerprint density at radius 1 is 1.44 bits per heavy atom. The number of nitrogens with zero attached hydrogens (tertiary/aromatic N) is 4. The standard InChI is InChI=1S/C13H23N5/c1-14-5-7-18(3)13-15-8-12(9-16-13)11-4-6-17(2)10-11/h8-9,11,14H,4-7,10H2,1-3H3. The molecule has 1 fully saturated rings. The van der Waals surface area contributed by atoms with E-state index in [1.807, 2.05) is 26.5 Å². The van der Waals surface area contributed by atoms with Crippen molar-refractivity contribution in [2.45, 2.75) is 12.3 Å². The summed E-state index contributed by atoms with van der Waals surface area (Å²) in [4.78, 5) is 13.4. The first-order chi connectivity index (χ1) is 8.70. The van der Waals surface area contributed by atoms with Crippen LogP contribution in [0.1, 0.15) is 17.9 Å². The second kappa shape index (κ2) is 6.11. The fourth-order valence-electron chi connectivity index (χ4n) is 2.33. The van der Waals surface area contributed by atoms with Gasteiger partial charge in [0.25, 0.3) is 0 Å². The monoisotopic (exact) mass is 249 g/mol. The minimum absolute atomic E-state index is 0.603. The van der Waals surface area contributed by atoms with Crippen molar-refractivity contribution in [1.29, 1.82) is 0 Å². The molecule has 2 heterocycles. The van der Waals surface area contributed by atoms with Gasteiger partial charge >= 0.3 is 0 Å². The van der Waals surface area contributed by atoms with E-state index >= 15 is 0 Å². The van der Waals surface area contributed by atoms with Gasteiger partial charge in [0.1, 0.15) is 0 Å². The van der Waals surface area contributed by atoms with Crippen LogP contribution in [-0.2, 0) is 0 Å². The van der Waals surface area contributed by atoms with Gasteiger partial charge < -0.3 is 15.1 Å². The average molecular weight is 249 g/mol. The fraction of sp³-hybridized carbons (Fsp3) is 0.692. The second-order valence-corrected chi connectivity index (χ2v) is 5.09. The zero-order valence-electron chi connectivity index (χ0n) is 11.6. The predicted octanol–water partition coefficient (Wildman–Crippen LogP) is 0.551. The van der Waals surface area contributed by atoms with Crippen molar-refractivity contribution in [3.8, 4) is 0 Å². The van der Waals surface area contributed by atoms with E-state index in [9.17, 15) is 0 Å². The Bertz CT molecular complexity index is 364. The molecule has 1 aliphatic rings. The van der Waals surface area contributed by atoms with E-state index in [1.54, 1.807) is 0 Å². The summed E-state index contributed by atoms with van der Waals surface area (Å²) in [7, 11) is 6.14. The number of likely N-dealkylation sites (tertiary alicyclic amines) is 1. The molecule has 0 saturated carbocycles. The lowest BCUT2D eigenvalue weighted by atomic mass is 10.0. The lowest BCUT2D eigenvalue weighted by Crippen LogP contribution is -2.28. The van der Waals surface area contributed by atoms with Crippen molar-refractivity contribution in [2.24, 2.45) is 0 Å². The first kappa shape index (κ1) is 13.2. The summed E-state index contributed by atoms with van der Waals surface area (Å²) in [6.45, 7) is 4.16. The maximum absolute atomic E-state index is 4.47. The Hall–Kier alpha value is -1.20. The fourth-order valence-corrected chi connectivity index (χ4v) is 2.33. The number of aromatic nitrogens is 2. The summed E-state index contributed by atoms with van der Waals surface area (Å²) < 4.78 is 0. The molecule has 0 aromatic carbocycles. The van der Waals surface area contributed by atoms with Crippen LogP contribution in [0.2, 0.25) is 0 Å². The SMILES string of the molecule is CNCCN(C)c1ncc(C2CCN(C)C2)cn1. The number of rotatable bonds is 5. The molecule has 1 aliphatic heterocycles. The van der Waals surface area contributed by atoms with Gasteiger partial charge in [0.15, 0.2) is 0 Å². The van der Waals surface area contributed by atoms with Gasteiger partial charge in [-0.25, -0.2) is 9.97 Å². The number of anilines is 1. The van der Waals surface area contributed by atoms with Gasteiger partial charge in [-0.15, -0.1) is 0 Å². The molecule has 0 amide bonds. The summed E-state index contributed by atoms with van der Waals surface area (Å²) in [6.07, 6.45) is 5.19. The summed E-state index contributed by atoms with van der Waals surface area (Å²) in [5, 5.41) is 3.13. The molecule has 0 bridgehead atoms. The molecule has 18 heavy (non-hydrogen) atoms. The minimum atomic E-state index is 0.603. The highest BCUT2D eigenvalue weighted by Gasteiger charge is 2.21. The zero-order valence-corrected chi connectivity index (χ0v) is 11.6. The van der Waals surface area contributed by atoms with E-state index in [-0.39, 0.29) is 0 Å². The van der Waals surface area contributed by atoms with Gasteiger partial charge in [0.2, 0.25) is 5.95 Å². The van der Waals surface area contributed by atoms with E-state index in [0.29, 0.717) is 5.92 Å². The summed E-state index contributed by atoms with van der Waals surface area (Å²) in [6, 6.07) is 0. The molecular formula is C13H23N5. The molecule has 0 spiro atoms. The first-order valence-electron chi connectivity index (χ1n) is 6.57. The summed E-state index contributed by atoms with van der Waals surface area (Å²) >= 11 is 0. The molecule has 1 aromatic heterocycles. The van der Waals surface area contributed by atoms with Gasteiger partial charge in [0, 0.05) is 45.0 Å². The molecule has 1 saturated heterocycles. The Kier molecular flexibility index (Phi) is 4.49. The molecule has 5 heteroatoms. The Morgan fingerprint density at radius 3 is 2.72 bits per heavy atom. The van der Waals surface area contributed by atoms with E-state index in [2.05, 4.69) is 32.1 Å². The van der Waals surface area contributed by atoms with Gasteiger partial charge in [-0.05, 0) is 32.6 Å². The molecule has 1 aromatic rings. The zero-order chi connectivity index (χ0) is 13.0. The van der Waals surface area contributed by atoms with Crippen LogP contribution in [-0.4, -0.2) is 62.2 Å². The molecule has 100 valence electrons. The topological polar surface area (TPSA) is 44.3 Å². The highest BCUT2D eigenvalue weighted by molar-refractivity contribution is 5.29. The van der Waals surface area contributed by atoms with Crippen LogP contribution in [0.5, 0.6) is 0 Å². The Morgan fingerprint density at radius 2 is 2.17 bits per heavy atom. The first-order valence-corrected chi connectivity index (χ1v) is 6.57. The van der Waals surface area contributed by atoms with Crippen LogP contribution in [0.4, 0.5) is 5.95 Å². The number of hydrogen-bond donors (Lipinski definition) is 1. The van der Waals surface area contributed by atoms with Crippen molar-refractivity contribution in [3.05, 3.63) is 18.0 Å². The van der Waals surface area contributed by atoms with E-state index in [1.165, 1.54) is 18.5 Å². The smallest absolute Gasteiger partial charge is 0.225 e. The summed E-state index contributed by atoms with van der Waals surface area (Å²) in [5.41, 5.74) is 1.27. The van der Waals surface area contributed by atoms with Gasteiger partial charge in [-0.3, -0.25) is 0 Å². The van der Waals surface area contributed by atoms with E-state index < -0.39 is 0 Å². The molecule has 1 unspecified atom stereocenters. The summed E-state index contributed by atoms with van der Waals surface area (Å²) in [5.74, 6) is 1.41. The minimum Gasteiger partial charge on any atom is -0.343 e. The lowest BCUT2D eigenvalue weighted by Gasteiger charge is -2.17. The third-order valence-corrected chi connectivity index (χ3v) is 3.56. The average Bonchev–Trinajstić information content (AvgIpc) is 2.83. The number of likely N-dealkylation sites (N-methyl/N-ethyl adjacent to an activating group) is 3. The van der Waals surface area contributed by atoms with Crippen LogP contribution in [0.25, 0.3) is 0 Å². The quantitative estimate of drug-likeness (QED) is 0.825. The number of nitrogens with one attached hydrogen (secondary N) is 1.